The average Bonchev–Trinajstić information content (AvgIpc) is 2.35. The predicted molar refractivity (Wildman–Crippen MR) is 72.1 cm³/mol. The highest BCUT2D eigenvalue weighted by Gasteiger charge is 2.08. The molecule has 0 aliphatic carbocycles. The Labute approximate surface area is 109 Å². The lowest BCUT2D eigenvalue weighted by Crippen LogP contribution is -2.06. The molecule has 0 spiro atoms. The molecule has 0 amide bonds. The molecule has 1 heterocycles. The van der Waals surface area contributed by atoms with Crippen LogP contribution in [0, 0.1) is 0 Å². The van der Waals surface area contributed by atoms with Crippen LogP contribution in [0.3, 0.4) is 0 Å². The van der Waals surface area contributed by atoms with Crippen LogP contribution in [0.25, 0.3) is 0 Å². The molecule has 2 rings (SSSR count). The van der Waals surface area contributed by atoms with Gasteiger partial charge in [-0.1, -0.05) is 30.3 Å². The smallest absolute Gasteiger partial charge is 0.234 e. The van der Waals surface area contributed by atoms with Gasteiger partial charge in [-0.2, -0.15) is 0 Å². The van der Waals surface area contributed by atoms with Crippen LogP contribution in [0.2, 0.25) is 0 Å². The van der Waals surface area contributed by atoms with Crippen molar-refractivity contribution in [1.29, 1.82) is 0 Å². The highest BCUT2D eigenvalue weighted by molar-refractivity contribution is 9.10. The van der Waals surface area contributed by atoms with Crippen LogP contribution in [0.15, 0.2) is 47.1 Å². The SMILES string of the molecule is CC(Nc1cc(Br)cnc1O)c1ccccc1. The first-order chi connectivity index (χ1) is 8.16. The highest BCUT2D eigenvalue weighted by Crippen LogP contribution is 2.27. The number of rotatable bonds is 3. The summed E-state index contributed by atoms with van der Waals surface area (Å²) in [6.07, 6.45) is 1.56. The van der Waals surface area contributed by atoms with Crippen molar-refractivity contribution in [2.24, 2.45) is 0 Å². The molecular weight excluding hydrogens is 280 g/mol. The van der Waals surface area contributed by atoms with E-state index in [1.165, 1.54) is 0 Å². The molecule has 17 heavy (non-hydrogen) atoms. The number of halogens is 1. The van der Waals surface area contributed by atoms with Crippen LogP contribution in [-0.4, -0.2) is 10.1 Å². The van der Waals surface area contributed by atoms with Gasteiger partial charge in [-0.15, -0.1) is 0 Å². The molecule has 2 N–H and O–H groups in total. The van der Waals surface area contributed by atoms with E-state index in [4.69, 9.17) is 0 Å². The second kappa shape index (κ2) is 5.19. The zero-order valence-electron chi connectivity index (χ0n) is 9.39. The van der Waals surface area contributed by atoms with E-state index in [-0.39, 0.29) is 11.9 Å². The maximum atomic E-state index is 9.64. The van der Waals surface area contributed by atoms with E-state index >= 15 is 0 Å². The summed E-state index contributed by atoms with van der Waals surface area (Å²) >= 11 is 3.33. The van der Waals surface area contributed by atoms with Gasteiger partial charge in [0.2, 0.25) is 5.88 Å². The van der Waals surface area contributed by atoms with Crippen molar-refractivity contribution in [3.8, 4) is 5.88 Å². The Morgan fingerprint density at radius 1 is 1.29 bits per heavy atom. The van der Waals surface area contributed by atoms with Gasteiger partial charge in [-0.25, -0.2) is 4.98 Å². The van der Waals surface area contributed by atoms with E-state index in [2.05, 4.69) is 26.2 Å². The van der Waals surface area contributed by atoms with Crippen molar-refractivity contribution in [3.63, 3.8) is 0 Å². The summed E-state index contributed by atoms with van der Waals surface area (Å²) in [6.45, 7) is 2.04. The minimum Gasteiger partial charge on any atom is -0.492 e. The zero-order chi connectivity index (χ0) is 12.3. The van der Waals surface area contributed by atoms with Gasteiger partial charge in [0.1, 0.15) is 0 Å². The molecule has 88 valence electrons. The first-order valence-electron chi connectivity index (χ1n) is 5.33. The molecule has 4 heteroatoms. The Bertz CT molecular complexity index is 502. The molecule has 1 aromatic carbocycles. The van der Waals surface area contributed by atoms with Gasteiger partial charge >= 0.3 is 0 Å². The fourth-order valence-corrected chi connectivity index (χ4v) is 1.93. The van der Waals surface area contributed by atoms with Gasteiger partial charge in [-0.05, 0) is 34.5 Å². The Balaban J connectivity index is 2.18. The van der Waals surface area contributed by atoms with Gasteiger partial charge in [-0.3, -0.25) is 0 Å². The second-order valence-electron chi connectivity index (χ2n) is 3.80. The third-order valence-corrected chi connectivity index (χ3v) is 2.94. The first-order valence-corrected chi connectivity index (χ1v) is 6.12. The van der Waals surface area contributed by atoms with E-state index in [1.54, 1.807) is 6.20 Å². The van der Waals surface area contributed by atoms with E-state index in [0.717, 1.165) is 10.0 Å². The third-order valence-electron chi connectivity index (χ3n) is 2.50. The maximum Gasteiger partial charge on any atom is 0.234 e. The third kappa shape index (κ3) is 2.97. The molecule has 0 bridgehead atoms. The molecule has 1 aromatic heterocycles. The predicted octanol–water partition coefficient (Wildman–Crippen LogP) is 3.72. The van der Waals surface area contributed by atoms with E-state index in [9.17, 15) is 5.11 Å². The topological polar surface area (TPSA) is 45.2 Å². The molecule has 3 nitrogen and oxygen atoms in total. The van der Waals surface area contributed by atoms with E-state index < -0.39 is 0 Å². The Morgan fingerprint density at radius 2 is 2.00 bits per heavy atom. The number of benzene rings is 1. The van der Waals surface area contributed by atoms with Crippen molar-refractivity contribution < 1.29 is 5.11 Å². The number of anilines is 1. The molecule has 0 aliphatic rings. The molecule has 0 fully saturated rings. The van der Waals surface area contributed by atoms with Crippen LogP contribution in [0.5, 0.6) is 5.88 Å². The number of aromatic nitrogens is 1. The minimum absolute atomic E-state index is 0.0102. The number of nitrogens with one attached hydrogen (secondary N) is 1. The van der Waals surface area contributed by atoms with Crippen molar-refractivity contribution in [2.45, 2.75) is 13.0 Å². The molecule has 2 aromatic rings. The van der Waals surface area contributed by atoms with E-state index in [1.807, 2.05) is 43.3 Å². The second-order valence-corrected chi connectivity index (χ2v) is 4.72. The fraction of sp³-hybridized carbons (Fsp3) is 0.154. The Kier molecular flexibility index (Phi) is 3.64. The Morgan fingerprint density at radius 3 is 2.71 bits per heavy atom. The molecule has 1 unspecified atom stereocenters. The largest absolute Gasteiger partial charge is 0.492 e. The van der Waals surface area contributed by atoms with Crippen LogP contribution >= 0.6 is 15.9 Å². The van der Waals surface area contributed by atoms with Gasteiger partial charge < -0.3 is 10.4 Å². The molecule has 0 radical (unpaired) electrons. The van der Waals surface area contributed by atoms with Crippen molar-refractivity contribution >= 4 is 21.6 Å². The van der Waals surface area contributed by atoms with Gasteiger partial charge in [0.15, 0.2) is 0 Å². The van der Waals surface area contributed by atoms with Crippen molar-refractivity contribution in [3.05, 3.63) is 52.6 Å². The molecule has 0 aliphatic heterocycles. The number of hydrogen-bond donors (Lipinski definition) is 2. The number of nitrogens with zero attached hydrogens (tertiary/aromatic N) is 1. The minimum atomic E-state index is 0.0102. The Hall–Kier alpha value is -1.55. The summed E-state index contributed by atoms with van der Waals surface area (Å²) in [5.74, 6) is 0.0102. The van der Waals surface area contributed by atoms with Crippen LogP contribution in [-0.2, 0) is 0 Å². The summed E-state index contributed by atoms with van der Waals surface area (Å²) in [4.78, 5) is 3.87. The lowest BCUT2D eigenvalue weighted by molar-refractivity contribution is 0.455. The van der Waals surface area contributed by atoms with Crippen molar-refractivity contribution in [1.82, 2.24) is 4.98 Å². The molecule has 0 saturated heterocycles. The zero-order valence-corrected chi connectivity index (χ0v) is 11.0. The quantitative estimate of drug-likeness (QED) is 0.906. The highest BCUT2D eigenvalue weighted by atomic mass is 79.9. The summed E-state index contributed by atoms with van der Waals surface area (Å²) in [6, 6.07) is 12.0. The normalized spacial score (nSPS) is 12.1. The van der Waals surface area contributed by atoms with Crippen LogP contribution in [0.4, 0.5) is 5.69 Å². The van der Waals surface area contributed by atoms with Crippen LogP contribution < -0.4 is 5.32 Å². The number of hydrogen-bond acceptors (Lipinski definition) is 3. The summed E-state index contributed by atoms with van der Waals surface area (Å²) in [5.41, 5.74) is 1.78. The number of aromatic hydroxyl groups is 1. The van der Waals surface area contributed by atoms with Crippen LogP contribution in [0.1, 0.15) is 18.5 Å². The maximum absolute atomic E-state index is 9.64. The summed E-state index contributed by atoms with van der Waals surface area (Å²) in [7, 11) is 0. The lowest BCUT2D eigenvalue weighted by Gasteiger charge is -2.16. The standard InChI is InChI=1S/C13H13BrN2O/c1-9(10-5-3-2-4-6-10)16-12-7-11(14)8-15-13(12)17/h2-9,16H,1H3,(H,15,17). The molecular formula is C13H13BrN2O. The average molecular weight is 293 g/mol. The lowest BCUT2D eigenvalue weighted by atomic mass is 10.1. The van der Waals surface area contributed by atoms with Gasteiger partial charge in [0.25, 0.3) is 0 Å². The van der Waals surface area contributed by atoms with Gasteiger partial charge in [0.05, 0.1) is 5.69 Å². The molecule has 0 saturated carbocycles. The summed E-state index contributed by atoms with van der Waals surface area (Å²) < 4.78 is 0.832. The van der Waals surface area contributed by atoms with E-state index in [0.29, 0.717) is 5.69 Å². The first kappa shape index (κ1) is 11.9. The number of pyridine rings is 1. The summed E-state index contributed by atoms with van der Waals surface area (Å²) in [5, 5.41) is 12.9. The fourth-order valence-electron chi connectivity index (χ4n) is 1.60. The monoisotopic (exact) mass is 292 g/mol. The van der Waals surface area contributed by atoms with Gasteiger partial charge in [0, 0.05) is 16.7 Å². The van der Waals surface area contributed by atoms with Crippen molar-refractivity contribution in [2.75, 3.05) is 5.32 Å². The molecule has 1 atom stereocenters.